The molecule has 3 aromatic carbocycles. The van der Waals surface area contributed by atoms with Crippen molar-refractivity contribution >= 4 is 57.1 Å². The Hall–Kier alpha value is -7.41. The lowest BCUT2D eigenvalue weighted by Gasteiger charge is -2.07. The summed E-state index contributed by atoms with van der Waals surface area (Å²) >= 11 is 5.86. The van der Waals surface area contributed by atoms with Gasteiger partial charge in [0.15, 0.2) is 46.3 Å². The molecule has 65 heavy (non-hydrogen) atoms. The van der Waals surface area contributed by atoms with E-state index in [0.29, 0.717) is 73.7 Å². The van der Waals surface area contributed by atoms with E-state index < -0.39 is 34.9 Å². The Kier molecular flexibility index (Phi) is 10.6. The van der Waals surface area contributed by atoms with Crippen molar-refractivity contribution in [3.8, 4) is 34.2 Å². The summed E-state index contributed by atoms with van der Waals surface area (Å²) < 4.78 is 86.7. The number of aldehydes is 1. The van der Waals surface area contributed by atoms with E-state index in [9.17, 15) is 31.1 Å². The second-order valence-electron chi connectivity index (χ2n) is 15.7. The summed E-state index contributed by atoms with van der Waals surface area (Å²) in [6, 6.07) is 12.6. The molecule has 20 heteroatoms. The van der Waals surface area contributed by atoms with Crippen LogP contribution in [0.2, 0.25) is 5.15 Å². The van der Waals surface area contributed by atoms with Crippen molar-refractivity contribution in [1.82, 2.24) is 59.2 Å². The largest absolute Gasteiger partial charge is 0.321 e. The molecule has 0 saturated heterocycles. The first-order valence-electron chi connectivity index (χ1n) is 20.3. The number of halogens is 7. The van der Waals surface area contributed by atoms with Gasteiger partial charge in [-0.2, -0.15) is 20.4 Å². The van der Waals surface area contributed by atoms with E-state index in [1.54, 1.807) is 30.6 Å². The topological polar surface area (TPSA) is 148 Å². The first kappa shape index (κ1) is 41.6. The number of imidazole rings is 3. The summed E-state index contributed by atoms with van der Waals surface area (Å²) in [5.74, 6) is -3.56. The van der Waals surface area contributed by atoms with Gasteiger partial charge in [-0.3, -0.25) is 4.79 Å². The second-order valence-corrected chi connectivity index (χ2v) is 16.1. The molecule has 0 radical (unpaired) electrons. The highest BCUT2D eigenvalue weighted by Crippen LogP contribution is 2.44. The van der Waals surface area contributed by atoms with Crippen LogP contribution in [0.5, 0.6) is 0 Å². The van der Waals surface area contributed by atoms with Gasteiger partial charge in [-0.15, -0.1) is 10.2 Å². The van der Waals surface area contributed by atoms with Crippen LogP contribution in [0.4, 0.5) is 26.3 Å². The minimum atomic E-state index is -0.930. The molecule has 0 bridgehead atoms. The molecule has 326 valence electrons. The highest BCUT2D eigenvalue weighted by molar-refractivity contribution is 6.29. The molecule has 13 nitrogen and oxygen atoms in total. The third kappa shape index (κ3) is 8.18. The molecule has 3 fully saturated rings. The quantitative estimate of drug-likeness (QED) is 0.107. The number of hydrogen-bond acceptors (Lipinski definition) is 10. The van der Waals surface area contributed by atoms with Crippen molar-refractivity contribution in [2.75, 3.05) is 0 Å². The Labute approximate surface area is 368 Å². The molecular formula is C45H31ClF6N12O. The minimum absolute atomic E-state index is 0.185. The number of carbonyl (C=O) groups is 1. The standard InChI is InChI=1S/C16H12F2N4.C15H10F2N4O.C14H9ClF2N4/c1-2-10-5-9(8-19-21-10)16-20-14-6-12(17)13(18)7-15(14)22(16)11-3-4-11;16-11-4-13-14(5-12(11)17)21(10-1-2-10)15(19-13)8-3-9(7-22)20-18-6-8;15-13-3-7(6-18-20-13)14-19-11-4-9(16)10(17)5-12(11)21(14)8-1-2-8/h2,5-8,11H,1,3-4H2;3-7,10H,1-2H2;3-6,8H,1-2H2. The van der Waals surface area contributed by atoms with Crippen molar-refractivity contribution in [1.29, 1.82) is 0 Å². The third-order valence-corrected chi connectivity index (χ3v) is 11.2. The first-order chi connectivity index (χ1) is 31.5. The summed E-state index contributed by atoms with van der Waals surface area (Å²) in [6.45, 7) is 3.67. The van der Waals surface area contributed by atoms with Gasteiger partial charge in [-0.05, 0) is 62.8 Å². The van der Waals surface area contributed by atoms with E-state index in [1.165, 1.54) is 18.3 Å². The lowest BCUT2D eigenvalue weighted by Crippen LogP contribution is -2.00. The molecule has 6 aromatic heterocycles. The number of hydrogen-bond donors (Lipinski definition) is 0. The predicted molar refractivity (Wildman–Crippen MR) is 227 cm³/mol. The minimum Gasteiger partial charge on any atom is -0.321 e. The van der Waals surface area contributed by atoms with Gasteiger partial charge in [0.2, 0.25) is 0 Å². The van der Waals surface area contributed by atoms with Crippen LogP contribution in [-0.4, -0.2) is 65.5 Å². The normalized spacial score (nSPS) is 14.6. The maximum Gasteiger partial charge on any atom is 0.170 e. The molecule has 0 aliphatic heterocycles. The van der Waals surface area contributed by atoms with E-state index in [1.807, 2.05) is 19.8 Å². The molecular weight excluding hydrogens is 874 g/mol. The summed E-state index contributed by atoms with van der Waals surface area (Å²) in [4.78, 5) is 24.1. The molecule has 12 rings (SSSR count). The highest BCUT2D eigenvalue weighted by atomic mass is 35.5. The Morgan fingerprint density at radius 2 is 0.831 bits per heavy atom. The van der Waals surface area contributed by atoms with Gasteiger partial charge in [-0.25, -0.2) is 41.3 Å². The summed E-state index contributed by atoms with van der Waals surface area (Å²) in [5.41, 5.74) is 5.82. The smallest absolute Gasteiger partial charge is 0.170 e. The van der Waals surface area contributed by atoms with Crippen molar-refractivity contribution < 1.29 is 31.1 Å². The van der Waals surface area contributed by atoms with Crippen LogP contribution >= 0.6 is 11.6 Å². The average Bonchev–Trinajstić information content (AvgIpc) is 4.24. The molecule has 0 N–H and O–H groups in total. The maximum atomic E-state index is 13.6. The van der Waals surface area contributed by atoms with E-state index >= 15 is 0 Å². The molecule has 9 aromatic rings. The highest BCUT2D eigenvalue weighted by Gasteiger charge is 2.32. The zero-order valence-electron chi connectivity index (χ0n) is 33.7. The van der Waals surface area contributed by atoms with E-state index in [0.717, 1.165) is 68.4 Å². The van der Waals surface area contributed by atoms with Crippen molar-refractivity contribution in [2.45, 2.75) is 56.7 Å². The van der Waals surface area contributed by atoms with Crippen LogP contribution in [0, 0.1) is 34.9 Å². The van der Waals surface area contributed by atoms with E-state index in [-0.39, 0.29) is 29.0 Å². The van der Waals surface area contributed by atoms with E-state index in [4.69, 9.17) is 11.6 Å². The van der Waals surface area contributed by atoms with Crippen LogP contribution in [0.1, 0.15) is 72.8 Å². The zero-order valence-corrected chi connectivity index (χ0v) is 34.4. The molecule has 0 spiro atoms. The van der Waals surface area contributed by atoms with Crippen LogP contribution in [0.15, 0.2) is 79.8 Å². The average molecular weight is 905 g/mol. The SMILES string of the molecule is C=Cc1cc(-c2nc3cc(F)c(F)cc3n2C2CC2)cnn1.Fc1cc2nc(-c3cnnc(Cl)c3)n(C3CC3)c2cc1F.O=Cc1cc(-c2nc3cc(F)c(F)cc3n2C2CC2)cnn1. The molecule has 6 heterocycles. The number of fused-ring (bicyclic) bond motifs is 3. The molecule has 3 aliphatic carbocycles. The first-order valence-corrected chi connectivity index (χ1v) is 20.7. The summed E-state index contributed by atoms with van der Waals surface area (Å²) in [7, 11) is 0. The number of aromatic nitrogens is 12. The number of benzene rings is 3. The Morgan fingerprint density at radius 1 is 0.492 bits per heavy atom. The lowest BCUT2D eigenvalue weighted by atomic mass is 10.2. The van der Waals surface area contributed by atoms with E-state index in [2.05, 4.69) is 52.1 Å². The molecule has 0 unspecified atom stereocenters. The number of nitrogens with zero attached hydrogens (tertiary/aromatic N) is 12. The third-order valence-electron chi connectivity index (χ3n) is 11.0. The summed E-state index contributed by atoms with van der Waals surface area (Å²) in [5, 5.41) is 23.1. The van der Waals surface area contributed by atoms with Gasteiger partial charge in [0.1, 0.15) is 23.2 Å². The fourth-order valence-corrected chi connectivity index (χ4v) is 7.78. The van der Waals surface area contributed by atoms with Crippen LogP contribution < -0.4 is 0 Å². The lowest BCUT2D eigenvalue weighted by molar-refractivity contribution is 0.111. The second kappa shape index (κ2) is 16.6. The van der Waals surface area contributed by atoms with Gasteiger partial charge in [0.05, 0.1) is 57.4 Å². The van der Waals surface area contributed by atoms with Crippen molar-refractivity contribution in [3.05, 3.63) is 131 Å². The van der Waals surface area contributed by atoms with Gasteiger partial charge < -0.3 is 13.7 Å². The van der Waals surface area contributed by atoms with Gasteiger partial charge in [0.25, 0.3) is 0 Å². The number of rotatable bonds is 8. The van der Waals surface area contributed by atoms with Crippen molar-refractivity contribution in [3.63, 3.8) is 0 Å². The fraction of sp³-hybridized carbons (Fsp3) is 0.200. The van der Waals surface area contributed by atoms with Crippen LogP contribution in [0.3, 0.4) is 0 Å². The fourth-order valence-electron chi connectivity index (χ4n) is 7.62. The van der Waals surface area contributed by atoms with Gasteiger partial charge in [0, 0.05) is 71.2 Å². The molecule has 3 saturated carbocycles. The van der Waals surface area contributed by atoms with Gasteiger partial charge in [-0.1, -0.05) is 18.2 Å². The number of carbonyl (C=O) groups excluding carboxylic acids is 1. The predicted octanol–water partition coefficient (Wildman–Crippen LogP) is 10.4. The monoisotopic (exact) mass is 904 g/mol. The van der Waals surface area contributed by atoms with Crippen molar-refractivity contribution in [2.24, 2.45) is 0 Å². The van der Waals surface area contributed by atoms with Gasteiger partial charge >= 0.3 is 0 Å². The Bertz CT molecular complexity index is 3210. The molecule has 0 atom stereocenters. The zero-order chi connectivity index (χ0) is 45.1. The summed E-state index contributed by atoms with van der Waals surface area (Å²) in [6.07, 6.45) is 12.7. The molecule has 3 aliphatic rings. The Morgan fingerprint density at radius 3 is 1.18 bits per heavy atom. The molecule has 0 amide bonds. The van der Waals surface area contributed by atoms with Crippen LogP contribution in [-0.2, 0) is 0 Å². The Balaban J connectivity index is 0.000000115. The maximum absolute atomic E-state index is 13.6. The van der Waals surface area contributed by atoms with Crippen LogP contribution in [0.25, 0.3) is 73.3 Å².